The standard InChI is InChI=1S/C11H16N2O6/c1-10(8(15)18-4)6(7(14)17-3)11(2,13-12-10)9(16)19-5/h6H,1-5H3. The van der Waals surface area contributed by atoms with Crippen LogP contribution in [-0.2, 0) is 28.6 Å². The number of nitrogens with zero attached hydrogens (tertiary/aromatic N) is 2. The van der Waals surface area contributed by atoms with Crippen molar-refractivity contribution in [3.05, 3.63) is 0 Å². The minimum atomic E-state index is -1.62. The average molecular weight is 272 g/mol. The number of azo groups is 1. The molecule has 0 N–H and O–H groups in total. The minimum Gasteiger partial charge on any atom is -0.469 e. The quantitative estimate of drug-likeness (QED) is 0.533. The number of methoxy groups -OCH3 is 3. The van der Waals surface area contributed by atoms with E-state index >= 15 is 0 Å². The second kappa shape index (κ2) is 4.94. The maximum Gasteiger partial charge on any atom is 0.336 e. The highest BCUT2D eigenvalue weighted by Gasteiger charge is 2.65. The molecule has 1 aliphatic rings. The number of carbonyl (C=O) groups excluding carboxylic acids is 3. The SMILES string of the molecule is COC(=O)C1C(C)(C(=O)OC)N=NC1(C)C(=O)OC. The normalized spacial score (nSPS) is 32.8. The fourth-order valence-electron chi connectivity index (χ4n) is 2.18. The van der Waals surface area contributed by atoms with Crippen LogP contribution < -0.4 is 0 Å². The number of hydrogen-bond acceptors (Lipinski definition) is 8. The molecule has 0 saturated heterocycles. The molecule has 1 heterocycles. The molecule has 0 bridgehead atoms. The number of carbonyl (C=O) groups is 3. The zero-order valence-electron chi connectivity index (χ0n) is 11.4. The smallest absolute Gasteiger partial charge is 0.336 e. The van der Waals surface area contributed by atoms with Crippen molar-refractivity contribution in [2.24, 2.45) is 16.1 Å². The van der Waals surface area contributed by atoms with Crippen LogP contribution in [0.5, 0.6) is 0 Å². The van der Waals surface area contributed by atoms with Crippen LogP contribution in [-0.4, -0.2) is 50.3 Å². The van der Waals surface area contributed by atoms with Crippen LogP contribution in [0.2, 0.25) is 0 Å². The number of hydrogen-bond donors (Lipinski definition) is 0. The summed E-state index contributed by atoms with van der Waals surface area (Å²) >= 11 is 0. The summed E-state index contributed by atoms with van der Waals surface area (Å²) in [5, 5.41) is 7.52. The minimum absolute atomic E-state index is 0.778. The van der Waals surface area contributed by atoms with Gasteiger partial charge in [0.1, 0.15) is 5.92 Å². The van der Waals surface area contributed by atoms with Gasteiger partial charge in [-0.3, -0.25) is 4.79 Å². The molecule has 1 aliphatic heterocycles. The molecule has 2 unspecified atom stereocenters. The Morgan fingerprint density at radius 2 is 1.21 bits per heavy atom. The van der Waals surface area contributed by atoms with Gasteiger partial charge < -0.3 is 14.2 Å². The Morgan fingerprint density at radius 1 is 0.842 bits per heavy atom. The van der Waals surface area contributed by atoms with Crippen LogP contribution in [0.4, 0.5) is 0 Å². The molecule has 19 heavy (non-hydrogen) atoms. The predicted octanol–water partition coefficient (Wildman–Crippen LogP) is 0.105. The Morgan fingerprint density at radius 3 is 1.47 bits per heavy atom. The summed E-state index contributed by atoms with van der Waals surface area (Å²) in [4.78, 5) is 35.6. The van der Waals surface area contributed by atoms with Crippen molar-refractivity contribution >= 4 is 17.9 Å². The lowest BCUT2D eigenvalue weighted by molar-refractivity contribution is -0.164. The van der Waals surface area contributed by atoms with Crippen molar-refractivity contribution in [2.75, 3.05) is 21.3 Å². The van der Waals surface area contributed by atoms with Gasteiger partial charge in [0.25, 0.3) is 0 Å². The third-order valence-electron chi connectivity index (χ3n) is 3.22. The van der Waals surface area contributed by atoms with E-state index in [1.807, 2.05) is 0 Å². The van der Waals surface area contributed by atoms with Gasteiger partial charge in [-0.15, -0.1) is 0 Å². The Balaban J connectivity index is 3.34. The molecule has 0 radical (unpaired) electrons. The number of ether oxygens (including phenoxy) is 3. The molecule has 0 saturated carbocycles. The Kier molecular flexibility index (Phi) is 3.92. The molecule has 106 valence electrons. The van der Waals surface area contributed by atoms with Crippen LogP contribution in [0.25, 0.3) is 0 Å². The van der Waals surface area contributed by atoms with Gasteiger partial charge >= 0.3 is 17.9 Å². The average Bonchev–Trinajstić information content (AvgIpc) is 2.70. The fourth-order valence-corrected chi connectivity index (χ4v) is 2.18. The highest BCUT2D eigenvalue weighted by molar-refractivity contribution is 5.96. The van der Waals surface area contributed by atoms with Gasteiger partial charge in [-0.25, -0.2) is 9.59 Å². The van der Waals surface area contributed by atoms with Crippen LogP contribution in [0.3, 0.4) is 0 Å². The highest BCUT2D eigenvalue weighted by atomic mass is 16.5. The molecule has 2 atom stereocenters. The number of esters is 3. The molecule has 1 rings (SSSR count). The summed E-state index contributed by atoms with van der Waals surface area (Å²) in [7, 11) is 3.46. The monoisotopic (exact) mass is 272 g/mol. The van der Waals surface area contributed by atoms with Gasteiger partial charge in [0.15, 0.2) is 11.1 Å². The summed E-state index contributed by atoms with van der Waals surface area (Å²) in [6.07, 6.45) is 0. The molecule has 0 spiro atoms. The van der Waals surface area contributed by atoms with Gasteiger partial charge in [0.05, 0.1) is 21.3 Å². The molecule has 0 aromatic rings. The van der Waals surface area contributed by atoms with Crippen molar-refractivity contribution in [3.8, 4) is 0 Å². The largest absolute Gasteiger partial charge is 0.469 e. The summed E-state index contributed by atoms with van der Waals surface area (Å²) in [5.41, 5.74) is -3.24. The third kappa shape index (κ3) is 2.06. The molecule has 8 nitrogen and oxygen atoms in total. The van der Waals surface area contributed by atoms with Crippen molar-refractivity contribution in [3.63, 3.8) is 0 Å². The summed E-state index contributed by atoms with van der Waals surface area (Å²) in [6.45, 7) is 2.72. The molecule has 8 heteroatoms. The fraction of sp³-hybridized carbons (Fsp3) is 0.727. The first-order valence-electron chi connectivity index (χ1n) is 5.46. The molecular weight excluding hydrogens is 256 g/mol. The topological polar surface area (TPSA) is 104 Å². The molecular formula is C11H16N2O6. The van der Waals surface area contributed by atoms with Gasteiger partial charge in [0.2, 0.25) is 0 Å². The lowest BCUT2D eigenvalue weighted by atomic mass is 9.75. The maximum absolute atomic E-state index is 11.9. The van der Waals surface area contributed by atoms with Gasteiger partial charge in [-0.05, 0) is 13.8 Å². The second-order valence-electron chi connectivity index (χ2n) is 4.43. The zero-order chi connectivity index (χ0) is 14.8. The maximum atomic E-state index is 11.9. The summed E-state index contributed by atoms with van der Waals surface area (Å²) < 4.78 is 13.9. The summed E-state index contributed by atoms with van der Waals surface area (Å²) in [5.74, 6) is -3.59. The first-order valence-corrected chi connectivity index (χ1v) is 5.46. The van der Waals surface area contributed by atoms with E-state index in [0.717, 1.165) is 21.3 Å². The Bertz CT molecular complexity index is 416. The van der Waals surface area contributed by atoms with Crippen molar-refractivity contribution in [1.82, 2.24) is 0 Å². The van der Waals surface area contributed by atoms with Crippen LogP contribution in [0.15, 0.2) is 10.2 Å². The second-order valence-corrected chi connectivity index (χ2v) is 4.43. The number of rotatable bonds is 3. The molecule has 0 aromatic carbocycles. The van der Waals surface area contributed by atoms with E-state index in [9.17, 15) is 14.4 Å². The highest BCUT2D eigenvalue weighted by Crippen LogP contribution is 2.43. The van der Waals surface area contributed by atoms with Gasteiger partial charge in [-0.2, -0.15) is 10.2 Å². The lowest BCUT2D eigenvalue weighted by Crippen LogP contribution is -2.55. The molecule has 0 amide bonds. The summed E-state index contributed by atoms with van der Waals surface area (Å²) in [6, 6.07) is 0. The van der Waals surface area contributed by atoms with E-state index in [1.54, 1.807) is 0 Å². The molecule has 0 aromatic heterocycles. The van der Waals surface area contributed by atoms with Crippen molar-refractivity contribution < 1.29 is 28.6 Å². The van der Waals surface area contributed by atoms with Crippen LogP contribution in [0.1, 0.15) is 13.8 Å². The van der Waals surface area contributed by atoms with Gasteiger partial charge in [-0.1, -0.05) is 0 Å². The Hall–Kier alpha value is -1.99. The van der Waals surface area contributed by atoms with Crippen molar-refractivity contribution in [1.29, 1.82) is 0 Å². The van der Waals surface area contributed by atoms with E-state index in [4.69, 9.17) is 0 Å². The first kappa shape index (κ1) is 15.1. The molecule has 0 aliphatic carbocycles. The van der Waals surface area contributed by atoms with Gasteiger partial charge in [0, 0.05) is 0 Å². The van der Waals surface area contributed by atoms with Crippen molar-refractivity contribution in [2.45, 2.75) is 24.9 Å². The molecule has 0 fully saturated rings. The van der Waals surface area contributed by atoms with E-state index in [2.05, 4.69) is 24.4 Å². The lowest BCUT2D eigenvalue weighted by Gasteiger charge is -2.29. The van der Waals surface area contributed by atoms with Crippen LogP contribution in [0, 0.1) is 5.92 Å². The van der Waals surface area contributed by atoms with Crippen LogP contribution >= 0.6 is 0 Å². The van der Waals surface area contributed by atoms with E-state index in [-0.39, 0.29) is 0 Å². The van der Waals surface area contributed by atoms with E-state index < -0.39 is 34.9 Å². The van der Waals surface area contributed by atoms with E-state index in [1.165, 1.54) is 13.8 Å². The predicted molar refractivity (Wildman–Crippen MR) is 61.2 cm³/mol. The zero-order valence-corrected chi connectivity index (χ0v) is 11.4. The third-order valence-corrected chi connectivity index (χ3v) is 3.22. The van der Waals surface area contributed by atoms with E-state index in [0.29, 0.717) is 0 Å². The first-order chi connectivity index (χ1) is 8.77. The Labute approximate surface area is 110 Å².